The number of esters is 1. The van der Waals surface area contributed by atoms with Gasteiger partial charge in [-0.1, -0.05) is 19.1 Å². The molecule has 2 N–H and O–H groups in total. The van der Waals surface area contributed by atoms with Crippen molar-refractivity contribution in [3.8, 4) is 0 Å². The van der Waals surface area contributed by atoms with Gasteiger partial charge in [0.2, 0.25) is 0 Å². The van der Waals surface area contributed by atoms with Crippen molar-refractivity contribution in [2.45, 2.75) is 26.0 Å². The smallest absolute Gasteiger partial charge is 0.376 e. The zero-order chi connectivity index (χ0) is 12.8. The molecule has 0 fully saturated rings. The molecule has 0 saturated carbocycles. The van der Waals surface area contributed by atoms with E-state index in [-0.39, 0.29) is 12.4 Å². The van der Waals surface area contributed by atoms with Crippen LogP contribution in [0, 0.1) is 5.82 Å². The second kappa shape index (κ2) is 6.10. The van der Waals surface area contributed by atoms with E-state index in [4.69, 9.17) is 10.5 Å². The van der Waals surface area contributed by atoms with Crippen LogP contribution < -0.4 is 5.73 Å². The first-order valence-corrected chi connectivity index (χ1v) is 5.25. The van der Waals surface area contributed by atoms with Crippen LogP contribution in [-0.2, 0) is 20.9 Å². The van der Waals surface area contributed by atoms with E-state index in [9.17, 15) is 14.0 Å². The van der Waals surface area contributed by atoms with Crippen molar-refractivity contribution in [2.75, 3.05) is 0 Å². The molecular formula is C12H14FNO3. The van der Waals surface area contributed by atoms with Gasteiger partial charge >= 0.3 is 5.97 Å². The molecule has 0 aromatic heterocycles. The average Bonchev–Trinajstić information content (AvgIpc) is 2.35. The summed E-state index contributed by atoms with van der Waals surface area (Å²) in [7, 11) is 0. The molecule has 0 aliphatic heterocycles. The number of ether oxygens (including phenoxy) is 1. The molecule has 1 rings (SSSR count). The first-order chi connectivity index (χ1) is 8.04. The third kappa shape index (κ3) is 3.96. The Bertz CT molecular complexity index is 403. The molecule has 0 saturated heterocycles. The monoisotopic (exact) mass is 239 g/mol. The van der Waals surface area contributed by atoms with Crippen LogP contribution in [-0.4, -0.2) is 17.8 Å². The van der Waals surface area contributed by atoms with Crippen molar-refractivity contribution in [3.05, 3.63) is 35.6 Å². The first-order valence-electron chi connectivity index (χ1n) is 5.25. The molecule has 5 heteroatoms. The van der Waals surface area contributed by atoms with Gasteiger partial charge in [-0.15, -0.1) is 0 Å². The van der Waals surface area contributed by atoms with Gasteiger partial charge in [0.1, 0.15) is 12.4 Å². The Morgan fingerprint density at radius 3 is 2.47 bits per heavy atom. The van der Waals surface area contributed by atoms with E-state index in [1.165, 1.54) is 24.3 Å². The number of hydrogen-bond acceptors (Lipinski definition) is 4. The normalized spacial score (nSPS) is 11.9. The van der Waals surface area contributed by atoms with Crippen LogP contribution >= 0.6 is 0 Å². The number of hydrogen-bond donors (Lipinski definition) is 1. The van der Waals surface area contributed by atoms with Crippen LogP contribution in [0.2, 0.25) is 0 Å². The van der Waals surface area contributed by atoms with Crippen LogP contribution in [0.1, 0.15) is 18.9 Å². The molecule has 0 amide bonds. The van der Waals surface area contributed by atoms with Crippen molar-refractivity contribution in [2.24, 2.45) is 5.73 Å². The predicted molar refractivity (Wildman–Crippen MR) is 59.5 cm³/mol. The van der Waals surface area contributed by atoms with E-state index in [1.807, 2.05) is 0 Å². The molecule has 92 valence electrons. The summed E-state index contributed by atoms with van der Waals surface area (Å²) in [6, 6.07) is 4.64. The third-order valence-electron chi connectivity index (χ3n) is 2.26. The maximum Gasteiger partial charge on any atom is 0.376 e. The maximum atomic E-state index is 12.6. The molecule has 1 unspecified atom stereocenters. The highest BCUT2D eigenvalue weighted by atomic mass is 19.1. The fourth-order valence-electron chi connectivity index (χ4n) is 1.14. The number of carbonyl (C=O) groups is 2. The van der Waals surface area contributed by atoms with Gasteiger partial charge in [0, 0.05) is 0 Å². The lowest BCUT2D eigenvalue weighted by molar-refractivity contribution is -0.155. The number of Topliss-reactive ketones (excluding diaryl/α,β-unsaturated/α-hetero) is 1. The molecule has 1 aromatic rings. The van der Waals surface area contributed by atoms with E-state index in [1.54, 1.807) is 6.92 Å². The number of nitrogens with two attached hydrogens (primary N) is 1. The van der Waals surface area contributed by atoms with Crippen molar-refractivity contribution in [1.82, 2.24) is 0 Å². The number of carbonyl (C=O) groups excluding carboxylic acids is 2. The fraction of sp³-hybridized carbons (Fsp3) is 0.333. The van der Waals surface area contributed by atoms with Crippen LogP contribution in [0.3, 0.4) is 0 Å². The van der Waals surface area contributed by atoms with E-state index < -0.39 is 17.8 Å². The lowest BCUT2D eigenvalue weighted by Crippen LogP contribution is -2.36. The molecular weight excluding hydrogens is 225 g/mol. The number of rotatable bonds is 5. The second-order valence-electron chi connectivity index (χ2n) is 3.58. The Morgan fingerprint density at radius 2 is 1.94 bits per heavy atom. The van der Waals surface area contributed by atoms with E-state index in [0.717, 1.165) is 0 Å². The van der Waals surface area contributed by atoms with Crippen LogP contribution in [0.15, 0.2) is 24.3 Å². The zero-order valence-electron chi connectivity index (χ0n) is 9.48. The molecule has 0 spiro atoms. The Hall–Kier alpha value is -1.75. The number of ketones is 1. The minimum Gasteiger partial charge on any atom is -0.455 e. The fourth-order valence-corrected chi connectivity index (χ4v) is 1.14. The minimum atomic E-state index is -0.955. The summed E-state index contributed by atoms with van der Waals surface area (Å²) >= 11 is 0. The highest BCUT2D eigenvalue weighted by Gasteiger charge is 2.21. The van der Waals surface area contributed by atoms with Gasteiger partial charge in [-0.2, -0.15) is 0 Å². The van der Waals surface area contributed by atoms with E-state index in [0.29, 0.717) is 12.0 Å². The molecule has 0 heterocycles. The zero-order valence-corrected chi connectivity index (χ0v) is 9.48. The Labute approximate surface area is 98.6 Å². The van der Waals surface area contributed by atoms with Gasteiger partial charge in [-0.3, -0.25) is 4.79 Å². The topological polar surface area (TPSA) is 69.4 Å². The molecule has 0 aliphatic carbocycles. The number of benzene rings is 1. The summed E-state index contributed by atoms with van der Waals surface area (Å²) in [5.74, 6) is -2.07. The molecule has 1 atom stereocenters. The Kier molecular flexibility index (Phi) is 4.78. The van der Waals surface area contributed by atoms with Gasteiger partial charge in [0.15, 0.2) is 0 Å². The van der Waals surface area contributed by atoms with Crippen LogP contribution in [0.25, 0.3) is 0 Å². The van der Waals surface area contributed by atoms with Crippen molar-refractivity contribution in [1.29, 1.82) is 0 Å². The quantitative estimate of drug-likeness (QED) is 0.618. The summed E-state index contributed by atoms with van der Waals surface area (Å²) < 4.78 is 17.3. The Balaban J connectivity index is 2.48. The highest BCUT2D eigenvalue weighted by Crippen LogP contribution is 2.04. The van der Waals surface area contributed by atoms with Gasteiger partial charge < -0.3 is 10.5 Å². The second-order valence-corrected chi connectivity index (χ2v) is 3.58. The molecule has 0 radical (unpaired) electrons. The Morgan fingerprint density at radius 1 is 1.35 bits per heavy atom. The molecule has 1 aromatic carbocycles. The third-order valence-corrected chi connectivity index (χ3v) is 2.26. The van der Waals surface area contributed by atoms with Gasteiger partial charge in [0.05, 0.1) is 6.04 Å². The van der Waals surface area contributed by atoms with Gasteiger partial charge in [-0.25, -0.2) is 9.18 Å². The molecule has 4 nitrogen and oxygen atoms in total. The maximum absolute atomic E-state index is 12.6. The summed E-state index contributed by atoms with van der Waals surface area (Å²) in [6.45, 7) is 1.64. The lowest BCUT2D eigenvalue weighted by Gasteiger charge is -2.07. The van der Waals surface area contributed by atoms with Crippen molar-refractivity contribution in [3.63, 3.8) is 0 Å². The largest absolute Gasteiger partial charge is 0.455 e. The summed E-state index contributed by atoms with van der Waals surface area (Å²) in [4.78, 5) is 22.5. The SMILES string of the molecule is CCC(N)C(=O)C(=O)OCc1ccc(F)cc1. The predicted octanol–water partition coefficient (Wildman–Crippen LogP) is 1.18. The summed E-state index contributed by atoms with van der Waals surface area (Å²) in [5, 5.41) is 0. The summed E-state index contributed by atoms with van der Waals surface area (Å²) in [6.07, 6.45) is 0.379. The molecule has 0 bridgehead atoms. The van der Waals surface area contributed by atoms with E-state index in [2.05, 4.69) is 0 Å². The van der Waals surface area contributed by atoms with Crippen LogP contribution in [0.4, 0.5) is 4.39 Å². The molecule has 0 aliphatic rings. The highest BCUT2D eigenvalue weighted by molar-refractivity contribution is 6.35. The van der Waals surface area contributed by atoms with Crippen molar-refractivity contribution >= 4 is 11.8 Å². The van der Waals surface area contributed by atoms with Crippen LogP contribution in [0.5, 0.6) is 0 Å². The minimum absolute atomic E-state index is 0.0682. The van der Waals surface area contributed by atoms with Gasteiger partial charge in [-0.05, 0) is 24.1 Å². The van der Waals surface area contributed by atoms with Gasteiger partial charge in [0.25, 0.3) is 5.78 Å². The van der Waals surface area contributed by atoms with E-state index >= 15 is 0 Å². The average molecular weight is 239 g/mol. The standard InChI is InChI=1S/C12H14FNO3/c1-2-10(14)11(15)12(16)17-7-8-3-5-9(13)6-4-8/h3-6,10H,2,7,14H2,1H3. The number of halogens is 1. The molecule has 17 heavy (non-hydrogen) atoms. The lowest BCUT2D eigenvalue weighted by atomic mass is 10.1. The van der Waals surface area contributed by atoms with Crippen molar-refractivity contribution < 1.29 is 18.7 Å². The summed E-state index contributed by atoms with van der Waals surface area (Å²) in [5.41, 5.74) is 6.02. The first kappa shape index (κ1) is 13.3.